The summed E-state index contributed by atoms with van der Waals surface area (Å²) in [5.74, 6) is 0.795. The predicted molar refractivity (Wildman–Crippen MR) is 71.0 cm³/mol. The number of nitrogens with zero attached hydrogens (tertiary/aromatic N) is 2. The Balaban J connectivity index is 1.83. The van der Waals surface area contributed by atoms with Crippen molar-refractivity contribution >= 4 is 0 Å². The van der Waals surface area contributed by atoms with Gasteiger partial charge in [0.05, 0.1) is 6.33 Å². The lowest BCUT2D eigenvalue weighted by molar-refractivity contribution is 0.360. The van der Waals surface area contributed by atoms with Crippen molar-refractivity contribution in [1.82, 2.24) is 14.9 Å². The smallest absolute Gasteiger partial charge is 0.0949 e. The molecule has 0 radical (unpaired) electrons. The minimum absolute atomic E-state index is 0.617. The standard InChI is InChI=1S/C14H25N3/c1-3-5-12(2)10-16-13-6-4-7-14(13)17-9-8-15-11-17/h8-9,11-14,16H,3-7,10H2,1-2H3. The quantitative estimate of drug-likeness (QED) is 0.821. The van der Waals surface area contributed by atoms with E-state index in [0.717, 1.165) is 12.5 Å². The third-order valence-electron chi connectivity index (χ3n) is 3.90. The van der Waals surface area contributed by atoms with Crippen molar-refractivity contribution in [3.63, 3.8) is 0 Å². The molecular formula is C14H25N3. The van der Waals surface area contributed by atoms with Gasteiger partial charge in [-0.3, -0.25) is 0 Å². The summed E-state index contributed by atoms with van der Waals surface area (Å²) in [6.07, 6.45) is 12.5. The largest absolute Gasteiger partial charge is 0.333 e. The van der Waals surface area contributed by atoms with Gasteiger partial charge < -0.3 is 9.88 Å². The van der Waals surface area contributed by atoms with E-state index in [1.54, 1.807) is 0 Å². The summed E-state index contributed by atoms with van der Waals surface area (Å²) in [5, 5.41) is 3.76. The van der Waals surface area contributed by atoms with E-state index in [9.17, 15) is 0 Å². The number of imidazole rings is 1. The number of nitrogens with one attached hydrogen (secondary N) is 1. The second kappa shape index (κ2) is 6.20. The molecule has 1 fully saturated rings. The highest BCUT2D eigenvalue weighted by atomic mass is 15.1. The molecule has 2 rings (SSSR count). The zero-order chi connectivity index (χ0) is 12.1. The molecular weight excluding hydrogens is 210 g/mol. The molecule has 1 aromatic rings. The molecule has 3 heteroatoms. The van der Waals surface area contributed by atoms with E-state index in [4.69, 9.17) is 0 Å². The summed E-state index contributed by atoms with van der Waals surface area (Å²) in [4.78, 5) is 4.16. The van der Waals surface area contributed by atoms with Crippen LogP contribution in [0.25, 0.3) is 0 Å². The number of hydrogen-bond acceptors (Lipinski definition) is 2. The summed E-state index contributed by atoms with van der Waals surface area (Å²) < 4.78 is 2.27. The van der Waals surface area contributed by atoms with Crippen molar-refractivity contribution in [2.24, 2.45) is 5.92 Å². The van der Waals surface area contributed by atoms with Gasteiger partial charge in [-0.15, -0.1) is 0 Å². The summed E-state index contributed by atoms with van der Waals surface area (Å²) in [7, 11) is 0. The van der Waals surface area contributed by atoms with E-state index in [0.29, 0.717) is 12.1 Å². The molecule has 0 saturated heterocycles. The van der Waals surface area contributed by atoms with Crippen LogP contribution in [0.2, 0.25) is 0 Å². The van der Waals surface area contributed by atoms with Gasteiger partial charge >= 0.3 is 0 Å². The molecule has 3 nitrogen and oxygen atoms in total. The molecule has 1 saturated carbocycles. The zero-order valence-corrected chi connectivity index (χ0v) is 11.1. The highest BCUT2D eigenvalue weighted by Crippen LogP contribution is 2.30. The monoisotopic (exact) mass is 235 g/mol. The summed E-state index contributed by atoms with van der Waals surface area (Å²) in [5.41, 5.74) is 0. The SMILES string of the molecule is CCCC(C)CNC1CCCC1n1ccnc1. The number of rotatable bonds is 6. The van der Waals surface area contributed by atoms with Crippen molar-refractivity contribution < 1.29 is 0 Å². The first kappa shape index (κ1) is 12.6. The first-order chi connectivity index (χ1) is 8.31. The molecule has 3 unspecified atom stereocenters. The number of aromatic nitrogens is 2. The van der Waals surface area contributed by atoms with E-state index in [1.807, 2.05) is 12.5 Å². The van der Waals surface area contributed by atoms with Gasteiger partial charge in [0.25, 0.3) is 0 Å². The molecule has 1 aromatic heterocycles. The molecule has 17 heavy (non-hydrogen) atoms. The maximum Gasteiger partial charge on any atom is 0.0949 e. The van der Waals surface area contributed by atoms with E-state index in [2.05, 4.69) is 34.9 Å². The van der Waals surface area contributed by atoms with Crippen molar-refractivity contribution in [3.8, 4) is 0 Å². The fraction of sp³-hybridized carbons (Fsp3) is 0.786. The fourth-order valence-electron chi connectivity index (χ4n) is 2.95. The Morgan fingerprint density at radius 3 is 3.06 bits per heavy atom. The van der Waals surface area contributed by atoms with Gasteiger partial charge in [-0.1, -0.05) is 20.3 Å². The van der Waals surface area contributed by atoms with Crippen LogP contribution in [-0.4, -0.2) is 22.1 Å². The Kier molecular flexibility index (Phi) is 4.60. The van der Waals surface area contributed by atoms with Gasteiger partial charge in [0.2, 0.25) is 0 Å². The van der Waals surface area contributed by atoms with E-state index < -0.39 is 0 Å². The maximum atomic E-state index is 4.16. The highest BCUT2D eigenvalue weighted by Gasteiger charge is 2.27. The lowest BCUT2D eigenvalue weighted by Crippen LogP contribution is -2.36. The van der Waals surface area contributed by atoms with Crippen molar-refractivity contribution in [2.75, 3.05) is 6.54 Å². The molecule has 0 bridgehead atoms. The maximum absolute atomic E-state index is 4.16. The van der Waals surface area contributed by atoms with Crippen LogP contribution in [0, 0.1) is 5.92 Å². The molecule has 1 aliphatic carbocycles. The Morgan fingerprint density at radius 1 is 1.47 bits per heavy atom. The van der Waals surface area contributed by atoms with Crippen LogP contribution < -0.4 is 5.32 Å². The Morgan fingerprint density at radius 2 is 2.35 bits per heavy atom. The summed E-state index contributed by atoms with van der Waals surface area (Å²) in [6, 6.07) is 1.26. The third kappa shape index (κ3) is 3.32. The lowest BCUT2D eigenvalue weighted by Gasteiger charge is -2.24. The Hall–Kier alpha value is -0.830. The highest BCUT2D eigenvalue weighted by molar-refractivity contribution is 4.91. The second-order valence-electron chi connectivity index (χ2n) is 5.42. The minimum atomic E-state index is 0.617. The van der Waals surface area contributed by atoms with E-state index in [-0.39, 0.29) is 0 Å². The summed E-state index contributed by atoms with van der Waals surface area (Å²) in [6.45, 7) is 5.77. The lowest BCUT2D eigenvalue weighted by atomic mass is 10.1. The van der Waals surface area contributed by atoms with Crippen LogP contribution in [0.5, 0.6) is 0 Å². The summed E-state index contributed by atoms with van der Waals surface area (Å²) >= 11 is 0. The van der Waals surface area contributed by atoms with Crippen molar-refractivity contribution in [2.45, 2.75) is 58.0 Å². The molecule has 96 valence electrons. The van der Waals surface area contributed by atoms with Gasteiger partial charge in [0.1, 0.15) is 0 Å². The molecule has 1 N–H and O–H groups in total. The molecule has 0 aliphatic heterocycles. The van der Waals surface area contributed by atoms with Gasteiger partial charge in [0.15, 0.2) is 0 Å². The first-order valence-electron chi connectivity index (χ1n) is 7.02. The van der Waals surface area contributed by atoms with Crippen molar-refractivity contribution in [1.29, 1.82) is 0 Å². The fourth-order valence-corrected chi connectivity index (χ4v) is 2.95. The predicted octanol–water partition coefficient (Wildman–Crippen LogP) is 3.00. The average Bonchev–Trinajstić information content (AvgIpc) is 2.97. The van der Waals surface area contributed by atoms with Gasteiger partial charge in [-0.25, -0.2) is 4.98 Å². The molecule has 1 aliphatic rings. The van der Waals surface area contributed by atoms with Crippen LogP contribution >= 0.6 is 0 Å². The Labute approximate surface area is 105 Å². The zero-order valence-electron chi connectivity index (χ0n) is 11.1. The third-order valence-corrected chi connectivity index (χ3v) is 3.90. The molecule has 0 amide bonds. The Bertz CT molecular complexity index is 307. The van der Waals surface area contributed by atoms with Gasteiger partial charge in [-0.2, -0.15) is 0 Å². The van der Waals surface area contributed by atoms with Gasteiger partial charge in [0, 0.05) is 24.5 Å². The molecule has 3 atom stereocenters. The normalized spacial score (nSPS) is 26.2. The molecule has 1 heterocycles. The molecule has 0 spiro atoms. The van der Waals surface area contributed by atoms with E-state index >= 15 is 0 Å². The van der Waals surface area contributed by atoms with Crippen LogP contribution in [0.15, 0.2) is 18.7 Å². The van der Waals surface area contributed by atoms with Crippen LogP contribution in [0.3, 0.4) is 0 Å². The van der Waals surface area contributed by atoms with Crippen LogP contribution in [0.1, 0.15) is 52.0 Å². The van der Waals surface area contributed by atoms with Crippen LogP contribution in [-0.2, 0) is 0 Å². The van der Waals surface area contributed by atoms with E-state index in [1.165, 1.54) is 32.1 Å². The molecule has 0 aromatic carbocycles. The van der Waals surface area contributed by atoms with Gasteiger partial charge in [-0.05, 0) is 38.1 Å². The van der Waals surface area contributed by atoms with Crippen molar-refractivity contribution in [3.05, 3.63) is 18.7 Å². The second-order valence-corrected chi connectivity index (χ2v) is 5.42. The minimum Gasteiger partial charge on any atom is -0.333 e. The number of hydrogen-bond donors (Lipinski definition) is 1. The first-order valence-corrected chi connectivity index (χ1v) is 7.02. The topological polar surface area (TPSA) is 29.9 Å². The van der Waals surface area contributed by atoms with Crippen LogP contribution in [0.4, 0.5) is 0 Å². The average molecular weight is 235 g/mol.